The van der Waals surface area contributed by atoms with Gasteiger partial charge in [0, 0.05) is 5.41 Å². The maximum absolute atomic E-state index is 3.92. The minimum atomic E-state index is 0.194. The summed E-state index contributed by atoms with van der Waals surface area (Å²) in [6.45, 7) is 14.4. The van der Waals surface area contributed by atoms with Crippen LogP contribution in [0.25, 0.3) is 0 Å². The van der Waals surface area contributed by atoms with E-state index in [0.717, 1.165) is 6.42 Å². The zero-order valence-electron chi connectivity index (χ0n) is 15.5. The standard InChI is InChI=1S/C20H30.C2H6/c1-5-9-15-19(14-7-3)20(16-11-10-12-17-20)18(8-4)13-6-2;1-2/h6-9,13-15H,3,5,10-12,16-17H2,1-2,4H3;1-2H3/b13-6-,15-9-,18-8+,19-14+;. The number of allylic oxidation sites excluding steroid dienone is 9. The highest BCUT2D eigenvalue weighted by Gasteiger charge is 2.36. The Bertz CT molecular complexity index is 409. The van der Waals surface area contributed by atoms with Crippen molar-refractivity contribution in [3.63, 3.8) is 0 Å². The predicted octanol–water partition coefficient (Wildman–Crippen LogP) is 7.56. The van der Waals surface area contributed by atoms with Crippen LogP contribution in [0.1, 0.15) is 73.1 Å². The summed E-state index contributed by atoms with van der Waals surface area (Å²) in [5.74, 6) is 0. The van der Waals surface area contributed by atoms with Crippen molar-refractivity contribution >= 4 is 0 Å². The number of hydrogen-bond donors (Lipinski definition) is 0. The second-order valence-corrected chi connectivity index (χ2v) is 5.56. The molecule has 0 atom stereocenters. The quantitative estimate of drug-likeness (QED) is 0.444. The lowest BCUT2D eigenvalue weighted by molar-refractivity contribution is 0.300. The molecule has 0 amide bonds. The van der Waals surface area contributed by atoms with Crippen LogP contribution in [-0.4, -0.2) is 0 Å². The smallest absolute Gasteiger partial charge is 0.0199 e. The number of hydrogen-bond acceptors (Lipinski definition) is 0. The maximum Gasteiger partial charge on any atom is 0.0199 e. The average Bonchev–Trinajstić information content (AvgIpc) is 2.58. The molecule has 0 aromatic rings. The summed E-state index contributed by atoms with van der Waals surface area (Å²) in [5, 5.41) is 0. The van der Waals surface area contributed by atoms with Crippen molar-refractivity contribution in [3.8, 4) is 0 Å². The minimum absolute atomic E-state index is 0.194. The predicted molar refractivity (Wildman–Crippen MR) is 103 cm³/mol. The third-order valence-electron chi connectivity index (χ3n) is 4.30. The molecule has 1 aliphatic rings. The third-order valence-corrected chi connectivity index (χ3v) is 4.30. The van der Waals surface area contributed by atoms with E-state index in [9.17, 15) is 0 Å². The minimum Gasteiger partial charge on any atom is -0.0991 e. The summed E-state index contributed by atoms with van der Waals surface area (Å²) < 4.78 is 0. The Morgan fingerprint density at radius 2 is 1.64 bits per heavy atom. The molecule has 0 heterocycles. The van der Waals surface area contributed by atoms with Crippen LogP contribution in [0, 0.1) is 5.41 Å². The topological polar surface area (TPSA) is 0 Å². The fraction of sp³-hybridized carbons (Fsp3) is 0.545. The lowest BCUT2D eigenvalue weighted by Gasteiger charge is -2.40. The average molecular weight is 301 g/mol. The fourth-order valence-corrected chi connectivity index (χ4v) is 3.36. The van der Waals surface area contributed by atoms with Gasteiger partial charge in [-0.1, -0.05) is 89.1 Å². The largest absolute Gasteiger partial charge is 0.0991 e. The molecule has 0 aliphatic heterocycles. The highest BCUT2D eigenvalue weighted by atomic mass is 14.4. The highest BCUT2D eigenvalue weighted by molar-refractivity contribution is 5.43. The molecule has 0 nitrogen and oxygen atoms in total. The van der Waals surface area contributed by atoms with Gasteiger partial charge in [0.1, 0.15) is 0 Å². The third kappa shape index (κ3) is 5.48. The van der Waals surface area contributed by atoms with Gasteiger partial charge in [-0.2, -0.15) is 0 Å². The molecule has 1 saturated carbocycles. The van der Waals surface area contributed by atoms with Crippen LogP contribution in [-0.2, 0) is 0 Å². The van der Waals surface area contributed by atoms with Crippen molar-refractivity contribution in [1.29, 1.82) is 0 Å². The molecule has 0 radical (unpaired) electrons. The van der Waals surface area contributed by atoms with E-state index in [-0.39, 0.29) is 5.41 Å². The van der Waals surface area contributed by atoms with Gasteiger partial charge in [0.25, 0.3) is 0 Å². The van der Waals surface area contributed by atoms with Crippen LogP contribution in [0.4, 0.5) is 0 Å². The van der Waals surface area contributed by atoms with Gasteiger partial charge in [-0.05, 0) is 44.3 Å². The van der Waals surface area contributed by atoms with Crippen molar-refractivity contribution in [2.45, 2.75) is 73.1 Å². The van der Waals surface area contributed by atoms with Gasteiger partial charge in [0.05, 0.1) is 0 Å². The molecule has 0 N–H and O–H groups in total. The molecule has 0 saturated heterocycles. The van der Waals surface area contributed by atoms with Crippen molar-refractivity contribution in [2.24, 2.45) is 5.41 Å². The van der Waals surface area contributed by atoms with Crippen molar-refractivity contribution in [3.05, 3.63) is 60.3 Å². The Morgan fingerprint density at radius 3 is 2.09 bits per heavy atom. The Hall–Kier alpha value is -1.30. The van der Waals surface area contributed by atoms with E-state index in [1.165, 1.54) is 43.3 Å². The first-order chi connectivity index (χ1) is 10.7. The Balaban J connectivity index is 0.00000211. The molecular weight excluding hydrogens is 264 g/mol. The van der Waals surface area contributed by atoms with Crippen LogP contribution >= 0.6 is 0 Å². The molecule has 0 aromatic carbocycles. The zero-order chi connectivity index (χ0) is 16.8. The molecular formula is C22H36. The molecule has 0 aromatic heterocycles. The fourth-order valence-electron chi connectivity index (χ4n) is 3.36. The monoisotopic (exact) mass is 300 g/mol. The second-order valence-electron chi connectivity index (χ2n) is 5.56. The van der Waals surface area contributed by atoms with E-state index in [2.05, 4.69) is 63.8 Å². The Kier molecular flexibility index (Phi) is 11.5. The van der Waals surface area contributed by atoms with E-state index in [1.54, 1.807) is 0 Å². The lowest BCUT2D eigenvalue weighted by Crippen LogP contribution is -2.27. The molecule has 1 rings (SSSR count). The van der Waals surface area contributed by atoms with Gasteiger partial charge in [-0.25, -0.2) is 0 Å². The highest BCUT2D eigenvalue weighted by Crippen LogP contribution is 2.49. The summed E-state index contributed by atoms with van der Waals surface area (Å²) in [7, 11) is 0. The zero-order valence-corrected chi connectivity index (χ0v) is 15.5. The maximum atomic E-state index is 3.92. The van der Waals surface area contributed by atoms with Gasteiger partial charge in [0.15, 0.2) is 0 Å². The second kappa shape index (κ2) is 12.3. The molecule has 1 fully saturated rings. The van der Waals surface area contributed by atoms with Crippen LogP contribution in [0.3, 0.4) is 0 Å². The summed E-state index contributed by atoms with van der Waals surface area (Å²) in [4.78, 5) is 0. The molecule has 0 bridgehead atoms. The first-order valence-electron chi connectivity index (χ1n) is 9.04. The molecule has 1 aliphatic carbocycles. The Labute approximate surface area is 139 Å². The van der Waals surface area contributed by atoms with Crippen molar-refractivity contribution < 1.29 is 0 Å². The van der Waals surface area contributed by atoms with Crippen LogP contribution < -0.4 is 0 Å². The SMILES string of the molecule is C=C/C=C(\C=C/CC)C1(C(/C=C\C)=C/C)CCCCC1.CC. The van der Waals surface area contributed by atoms with Crippen molar-refractivity contribution in [1.82, 2.24) is 0 Å². The van der Waals surface area contributed by atoms with Crippen LogP contribution in [0.5, 0.6) is 0 Å². The summed E-state index contributed by atoms with van der Waals surface area (Å²) in [5.41, 5.74) is 3.09. The van der Waals surface area contributed by atoms with E-state index >= 15 is 0 Å². The van der Waals surface area contributed by atoms with Gasteiger partial charge in [0.2, 0.25) is 0 Å². The molecule has 22 heavy (non-hydrogen) atoms. The molecule has 0 spiro atoms. The number of rotatable bonds is 6. The van der Waals surface area contributed by atoms with E-state index in [4.69, 9.17) is 0 Å². The van der Waals surface area contributed by atoms with E-state index in [1.807, 2.05) is 19.9 Å². The lowest BCUT2D eigenvalue weighted by atomic mass is 9.64. The first-order valence-corrected chi connectivity index (χ1v) is 9.04. The molecule has 124 valence electrons. The van der Waals surface area contributed by atoms with Crippen LogP contribution in [0.2, 0.25) is 0 Å². The van der Waals surface area contributed by atoms with Crippen LogP contribution in [0.15, 0.2) is 60.3 Å². The van der Waals surface area contributed by atoms with Gasteiger partial charge < -0.3 is 0 Å². The Morgan fingerprint density at radius 1 is 1.00 bits per heavy atom. The van der Waals surface area contributed by atoms with Crippen molar-refractivity contribution in [2.75, 3.05) is 0 Å². The summed E-state index contributed by atoms with van der Waals surface area (Å²) in [6, 6.07) is 0. The normalized spacial score (nSPS) is 19.1. The van der Waals surface area contributed by atoms with Gasteiger partial charge >= 0.3 is 0 Å². The van der Waals surface area contributed by atoms with Gasteiger partial charge in [-0.15, -0.1) is 0 Å². The first kappa shape index (κ1) is 20.7. The summed E-state index contributed by atoms with van der Waals surface area (Å²) in [6.07, 6.45) is 23.1. The summed E-state index contributed by atoms with van der Waals surface area (Å²) >= 11 is 0. The molecule has 0 heteroatoms. The van der Waals surface area contributed by atoms with E-state index < -0.39 is 0 Å². The molecule has 0 unspecified atom stereocenters. The van der Waals surface area contributed by atoms with Gasteiger partial charge in [-0.3, -0.25) is 0 Å². The van der Waals surface area contributed by atoms with E-state index in [0.29, 0.717) is 0 Å².